The highest BCUT2D eigenvalue weighted by Crippen LogP contribution is 2.37. The summed E-state index contributed by atoms with van der Waals surface area (Å²) in [6.45, 7) is 4.11. The minimum Gasteiger partial charge on any atom is -0.497 e. The van der Waals surface area contributed by atoms with Crippen molar-refractivity contribution < 1.29 is 23.7 Å². The molecule has 4 aromatic rings. The molecule has 222 valence electrons. The van der Waals surface area contributed by atoms with E-state index in [2.05, 4.69) is 56.2 Å². The van der Waals surface area contributed by atoms with E-state index in [1.807, 2.05) is 42.5 Å². The smallest absolute Gasteiger partial charge is 0.338 e. The van der Waals surface area contributed by atoms with Crippen LogP contribution < -0.4 is 29.1 Å². The lowest BCUT2D eigenvalue weighted by Gasteiger charge is -2.26. The van der Waals surface area contributed by atoms with Crippen molar-refractivity contribution in [2.75, 3.05) is 20.8 Å². The molecular formula is C32H28I2N2O6S. The van der Waals surface area contributed by atoms with Crippen LogP contribution in [0.25, 0.3) is 6.08 Å². The fraction of sp³-hybridized carbons (Fsp3) is 0.219. The number of nitrogens with zero attached hydrogens (tertiary/aromatic N) is 2. The van der Waals surface area contributed by atoms with E-state index in [1.165, 1.54) is 15.9 Å². The molecule has 0 saturated carbocycles. The number of allylic oxidation sites excluding steroid dienone is 1. The first-order valence-corrected chi connectivity index (χ1v) is 16.3. The third-order valence-corrected chi connectivity index (χ3v) is 9.31. The van der Waals surface area contributed by atoms with Gasteiger partial charge in [0.05, 0.1) is 40.2 Å². The van der Waals surface area contributed by atoms with Gasteiger partial charge in [0.15, 0.2) is 4.80 Å². The summed E-state index contributed by atoms with van der Waals surface area (Å²) in [6.07, 6.45) is 1.83. The maximum absolute atomic E-state index is 14.0. The van der Waals surface area contributed by atoms with Gasteiger partial charge in [-0.2, -0.15) is 0 Å². The van der Waals surface area contributed by atoms with Crippen molar-refractivity contribution in [3.63, 3.8) is 0 Å². The van der Waals surface area contributed by atoms with Gasteiger partial charge in [0.2, 0.25) is 0 Å². The normalized spacial score (nSPS) is 14.7. The Bertz CT molecular complexity index is 1900. The number of ether oxygens (including phenoxy) is 4. The molecule has 11 heteroatoms. The first-order chi connectivity index (χ1) is 20.7. The van der Waals surface area contributed by atoms with Crippen LogP contribution in [0.3, 0.4) is 0 Å². The SMILES string of the molecule is CCOC(=O)C1=C(C)N=c2s/c(=C\c3ccc(COc4ccc(I)cc4I)cc3)c(=O)n2[C@H]1c1cc(OC)ccc1OC. The number of thiazole rings is 1. The lowest BCUT2D eigenvalue weighted by molar-refractivity contribution is -0.139. The molecule has 3 aromatic carbocycles. The molecule has 8 nitrogen and oxygen atoms in total. The first-order valence-electron chi connectivity index (χ1n) is 13.3. The van der Waals surface area contributed by atoms with Crippen molar-refractivity contribution in [1.29, 1.82) is 0 Å². The number of hydrogen-bond acceptors (Lipinski definition) is 8. The second-order valence-electron chi connectivity index (χ2n) is 9.52. The van der Waals surface area contributed by atoms with Gasteiger partial charge in [0.1, 0.15) is 29.9 Å². The molecule has 1 aliphatic rings. The summed E-state index contributed by atoms with van der Waals surface area (Å²) in [4.78, 5) is 32.4. The monoisotopic (exact) mass is 822 g/mol. The van der Waals surface area contributed by atoms with Crippen molar-refractivity contribution in [3.8, 4) is 17.2 Å². The second kappa shape index (κ2) is 13.6. The van der Waals surface area contributed by atoms with Gasteiger partial charge in [0, 0.05) is 9.13 Å². The van der Waals surface area contributed by atoms with Crippen LogP contribution in [0.1, 0.15) is 36.6 Å². The summed E-state index contributed by atoms with van der Waals surface area (Å²) < 4.78 is 26.8. The van der Waals surface area contributed by atoms with E-state index >= 15 is 0 Å². The van der Waals surface area contributed by atoms with Crippen LogP contribution in [0, 0.1) is 7.14 Å². The van der Waals surface area contributed by atoms with E-state index in [9.17, 15) is 9.59 Å². The van der Waals surface area contributed by atoms with Crippen LogP contribution in [-0.2, 0) is 16.1 Å². The van der Waals surface area contributed by atoms with Crippen LogP contribution >= 0.6 is 56.5 Å². The fourth-order valence-electron chi connectivity index (χ4n) is 4.75. The van der Waals surface area contributed by atoms with E-state index in [0.29, 0.717) is 38.7 Å². The minimum atomic E-state index is -0.814. The van der Waals surface area contributed by atoms with Gasteiger partial charge < -0.3 is 18.9 Å². The number of hydrogen-bond donors (Lipinski definition) is 0. The molecule has 0 bridgehead atoms. The summed E-state index contributed by atoms with van der Waals surface area (Å²) in [5.74, 6) is 1.38. The summed E-state index contributed by atoms with van der Waals surface area (Å²) in [7, 11) is 3.11. The number of fused-ring (bicyclic) bond motifs is 1. The van der Waals surface area contributed by atoms with E-state index in [0.717, 1.165) is 24.0 Å². The van der Waals surface area contributed by atoms with Gasteiger partial charge in [-0.05, 0) is 113 Å². The van der Waals surface area contributed by atoms with Gasteiger partial charge >= 0.3 is 5.97 Å². The Balaban J connectivity index is 1.53. The maximum Gasteiger partial charge on any atom is 0.338 e. The molecule has 1 aliphatic heterocycles. The summed E-state index contributed by atoms with van der Waals surface area (Å²) >= 11 is 5.82. The van der Waals surface area contributed by atoms with Crippen LogP contribution in [-0.4, -0.2) is 31.4 Å². The average Bonchev–Trinajstić information content (AvgIpc) is 3.30. The molecule has 1 atom stereocenters. The molecule has 43 heavy (non-hydrogen) atoms. The molecule has 0 unspecified atom stereocenters. The van der Waals surface area contributed by atoms with Crippen LogP contribution in [0.5, 0.6) is 17.2 Å². The van der Waals surface area contributed by atoms with Crippen molar-refractivity contribution >= 4 is 68.6 Å². The number of benzene rings is 3. The fourth-order valence-corrected chi connectivity index (χ4v) is 7.56. The molecule has 0 aliphatic carbocycles. The molecular weight excluding hydrogens is 794 g/mol. The zero-order valence-corrected chi connectivity index (χ0v) is 29.0. The number of esters is 1. The number of aromatic nitrogens is 1. The molecule has 1 aromatic heterocycles. The third-order valence-electron chi connectivity index (χ3n) is 6.81. The lowest BCUT2D eigenvalue weighted by Crippen LogP contribution is -2.40. The number of rotatable bonds is 9. The highest BCUT2D eigenvalue weighted by molar-refractivity contribution is 14.1. The van der Waals surface area contributed by atoms with Crippen LogP contribution in [0.15, 0.2) is 81.7 Å². The standard InChI is InChI=1S/C32H28I2N2O6S/c1-5-41-31(38)28-18(2)35-32-36(29(28)23-16-22(39-3)11-13-25(23)40-4)30(37)27(43-32)14-19-6-8-20(9-7-19)17-42-26-12-10-21(33)15-24(26)34/h6-16,29H,5,17H2,1-4H3/b27-14-/t29-/m0/s1. The van der Waals surface area contributed by atoms with Crippen molar-refractivity contribution in [2.24, 2.45) is 4.99 Å². The second-order valence-corrected chi connectivity index (χ2v) is 12.9. The average molecular weight is 822 g/mol. The predicted molar refractivity (Wildman–Crippen MR) is 183 cm³/mol. The molecule has 0 N–H and O–H groups in total. The largest absolute Gasteiger partial charge is 0.497 e. The zero-order chi connectivity index (χ0) is 30.7. The number of carbonyl (C=O) groups excluding carboxylic acids is 1. The molecule has 2 heterocycles. The van der Waals surface area contributed by atoms with Crippen LogP contribution in [0.4, 0.5) is 0 Å². The molecule has 0 saturated heterocycles. The van der Waals surface area contributed by atoms with Gasteiger partial charge in [-0.25, -0.2) is 9.79 Å². The summed E-state index contributed by atoms with van der Waals surface area (Å²) in [5.41, 5.74) is 2.95. The van der Waals surface area contributed by atoms with Gasteiger partial charge in [-0.3, -0.25) is 9.36 Å². The molecule has 5 rings (SSSR count). The van der Waals surface area contributed by atoms with Gasteiger partial charge in [0.25, 0.3) is 5.56 Å². The third kappa shape index (κ3) is 6.68. The van der Waals surface area contributed by atoms with E-state index in [1.54, 1.807) is 46.3 Å². The maximum atomic E-state index is 14.0. The van der Waals surface area contributed by atoms with Crippen molar-refractivity contribution in [1.82, 2.24) is 4.57 Å². The Hall–Kier alpha value is -3.17. The molecule has 0 spiro atoms. The molecule has 0 fully saturated rings. The quantitative estimate of drug-likeness (QED) is 0.162. The van der Waals surface area contributed by atoms with E-state index < -0.39 is 12.0 Å². The molecule has 0 amide bonds. The van der Waals surface area contributed by atoms with Crippen molar-refractivity contribution in [2.45, 2.75) is 26.5 Å². The number of halogens is 2. The number of carbonyl (C=O) groups is 1. The van der Waals surface area contributed by atoms with Gasteiger partial charge in [-0.1, -0.05) is 35.6 Å². The summed E-state index contributed by atoms with van der Waals surface area (Å²) in [5, 5.41) is 0. The molecule has 0 radical (unpaired) electrons. The van der Waals surface area contributed by atoms with E-state index in [4.69, 9.17) is 18.9 Å². The predicted octanol–water partition coefficient (Wildman–Crippen LogP) is 5.60. The Morgan fingerprint density at radius 3 is 2.44 bits per heavy atom. The Labute approximate surface area is 279 Å². The Morgan fingerprint density at radius 2 is 1.77 bits per heavy atom. The number of methoxy groups -OCH3 is 2. The topological polar surface area (TPSA) is 88.4 Å². The zero-order valence-electron chi connectivity index (χ0n) is 23.9. The van der Waals surface area contributed by atoms with Gasteiger partial charge in [-0.15, -0.1) is 0 Å². The Kier molecular flexibility index (Phi) is 9.92. The Morgan fingerprint density at radius 1 is 1.02 bits per heavy atom. The summed E-state index contributed by atoms with van der Waals surface area (Å²) in [6, 6.07) is 18.4. The highest BCUT2D eigenvalue weighted by Gasteiger charge is 2.35. The van der Waals surface area contributed by atoms with Crippen molar-refractivity contribution in [3.05, 3.63) is 115 Å². The van der Waals surface area contributed by atoms with E-state index in [-0.39, 0.29) is 17.7 Å². The highest BCUT2D eigenvalue weighted by atomic mass is 127. The first kappa shape index (κ1) is 31.3. The van der Waals surface area contributed by atoms with Crippen LogP contribution in [0.2, 0.25) is 0 Å². The lowest BCUT2D eigenvalue weighted by atomic mass is 9.94. The minimum absolute atomic E-state index is 0.187.